The highest BCUT2D eigenvalue weighted by Gasteiger charge is 2.26. The Morgan fingerprint density at radius 3 is 2.40 bits per heavy atom. The number of rotatable bonds is 2. The molecule has 25 heavy (non-hydrogen) atoms. The van der Waals surface area contributed by atoms with Gasteiger partial charge in [0.05, 0.1) is 6.26 Å². The van der Waals surface area contributed by atoms with Crippen molar-refractivity contribution in [1.82, 2.24) is 4.90 Å². The molecule has 0 aliphatic carbocycles. The largest absolute Gasteiger partial charge is 0.464 e. The second-order valence-electron chi connectivity index (χ2n) is 7.43. The number of carbonyl (C=O) groups is 1. The number of anilines is 1. The van der Waals surface area contributed by atoms with Crippen molar-refractivity contribution >= 4 is 11.8 Å². The van der Waals surface area contributed by atoms with Crippen molar-refractivity contribution in [3.05, 3.63) is 42.2 Å². The van der Waals surface area contributed by atoms with Gasteiger partial charge >= 0.3 is 6.09 Å². The Morgan fingerprint density at radius 1 is 1.12 bits per heavy atom. The lowest BCUT2D eigenvalue weighted by Gasteiger charge is -2.37. The van der Waals surface area contributed by atoms with Crippen molar-refractivity contribution in [2.45, 2.75) is 33.3 Å². The fourth-order valence-electron chi connectivity index (χ4n) is 3.06. The Kier molecular flexibility index (Phi) is 4.75. The van der Waals surface area contributed by atoms with E-state index in [-0.39, 0.29) is 6.09 Å². The normalized spacial score (nSPS) is 15.4. The maximum absolute atomic E-state index is 12.2. The van der Waals surface area contributed by atoms with Crippen molar-refractivity contribution in [2.24, 2.45) is 0 Å². The van der Waals surface area contributed by atoms with E-state index in [0.29, 0.717) is 13.1 Å². The van der Waals surface area contributed by atoms with Crippen LogP contribution in [0.15, 0.2) is 41.0 Å². The van der Waals surface area contributed by atoms with Crippen LogP contribution in [0.1, 0.15) is 26.3 Å². The van der Waals surface area contributed by atoms with Crippen LogP contribution in [-0.2, 0) is 4.74 Å². The molecule has 5 heteroatoms. The van der Waals surface area contributed by atoms with Gasteiger partial charge < -0.3 is 19.0 Å². The molecular weight excluding hydrogens is 316 g/mol. The fourth-order valence-corrected chi connectivity index (χ4v) is 3.06. The van der Waals surface area contributed by atoms with Gasteiger partial charge in [0.1, 0.15) is 11.4 Å². The molecule has 0 bridgehead atoms. The summed E-state index contributed by atoms with van der Waals surface area (Å²) in [7, 11) is 0. The topological polar surface area (TPSA) is 45.9 Å². The Labute approximate surface area is 149 Å². The summed E-state index contributed by atoms with van der Waals surface area (Å²) < 4.78 is 10.9. The summed E-state index contributed by atoms with van der Waals surface area (Å²) in [5, 5.41) is 0. The monoisotopic (exact) mass is 342 g/mol. The van der Waals surface area contributed by atoms with Gasteiger partial charge in [0, 0.05) is 37.4 Å². The Bertz CT molecular complexity index is 724. The minimum atomic E-state index is -0.452. The molecule has 2 aromatic rings. The number of furan rings is 1. The molecule has 1 aliphatic rings. The molecule has 3 rings (SSSR count). The molecule has 1 aromatic carbocycles. The van der Waals surface area contributed by atoms with Gasteiger partial charge in [-0.2, -0.15) is 0 Å². The summed E-state index contributed by atoms with van der Waals surface area (Å²) in [6.07, 6.45) is 1.46. The number of ether oxygens (including phenoxy) is 1. The zero-order valence-electron chi connectivity index (χ0n) is 15.4. The number of piperazine rings is 1. The molecule has 2 heterocycles. The van der Waals surface area contributed by atoms with Crippen LogP contribution in [0.25, 0.3) is 11.3 Å². The summed E-state index contributed by atoms with van der Waals surface area (Å²) in [5.74, 6) is 0.879. The second kappa shape index (κ2) is 6.82. The first kappa shape index (κ1) is 17.4. The van der Waals surface area contributed by atoms with E-state index in [1.54, 1.807) is 11.2 Å². The van der Waals surface area contributed by atoms with Gasteiger partial charge in [-0.1, -0.05) is 0 Å². The number of aryl methyl sites for hydroxylation is 1. The summed E-state index contributed by atoms with van der Waals surface area (Å²) in [6, 6.07) is 10.2. The first-order valence-corrected chi connectivity index (χ1v) is 8.71. The van der Waals surface area contributed by atoms with Crippen LogP contribution >= 0.6 is 0 Å². The number of amides is 1. The lowest BCUT2D eigenvalue weighted by atomic mass is 10.1. The molecule has 1 amide bonds. The first-order chi connectivity index (χ1) is 11.8. The Morgan fingerprint density at radius 2 is 1.84 bits per heavy atom. The van der Waals surface area contributed by atoms with Crippen molar-refractivity contribution in [2.75, 3.05) is 31.1 Å². The van der Waals surface area contributed by atoms with E-state index in [0.717, 1.165) is 24.4 Å². The van der Waals surface area contributed by atoms with Gasteiger partial charge in [-0.25, -0.2) is 4.79 Å². The summed E-state index contributed by atoms with van der Waals surface area (Å²) >= 11 is 0. The van der Waals surface area contributed by atoms with Crippen molar-refractivity contribution in [1.29, 1.82) is 0 Å². The van der Waals surface area contributed by atoms with Gasteiger partial charge in [0.2, 0.25) is 0 Å². The number of carbonyl (C=O) groups excluding carboxylic acids is 1. The molecule has 0 saturated carbocycles. The molecule has 1 aromatic heterocycles. The van der Waals surface area contributed by atoms with Crippen LogP contribution in [0.2, 0.25) is 0 Å². The molecule has 0 unspecified atom stereocenters. The predicted octanol–water partition coefficient (Wildman–Crippen LogP) is 4.31. The number of nitrogens with zero attached hydrogens (tertiary/aromatic N) is 2. The molecule has 1 saturated heterocycles. The highest BCUT2D eigenvalue weighted by atomic mass is 16.6. The molecule has 0 radical (unpaired) electrons. The van der Waals surface area contributed by atoms with E-state index in [2.05, 4.69) is 30.0 Å². The van der Waals surface area contributed by atoms with Crippen LogP contribution in [0, 0.1) is 6.92 Å². The minimum Gasteiger partial charge on any atom is -0.464 e. The van der Waals surface area contributed by atoms with Crippen molar-refractivity contribution in [3.63, 3.8) is 0 Å². The van der Waals surface area contributed by atoms with E-state index in [9.17, 15) is 4.79 Å². The van der Waals surface area contributed by atoms with Gasteiger partial charge in [-0.15, -0.1) is 0 Å². The molecule has 0 atom stereocenters. The van der Waals surface area contributed by atoms with Gasteiger partial charge in [0.15, 0.2) is 0 Å². The van der Waals surface area contributed by atoms with E-state index >= 15 is 0 Å². The van der Waals surface area contributed by atoms with Crippen LogP contribution in [0.3, 0.4) is 0 Å². The molecule has 5 nitrogen and oxygen atoms in total. The number of hydrogen-bond donors (Lipinski definition) is 0. The average molecular weight is 342 g/mol. The lowest BCUT2D eigenvalue weighted by Crippen LogP contribution is -2.50. The third-order valence-electron chi connectivity index (χ3n) is 4.27. The molecular formula is C20H26N2O3. The zero-order chi connectivity index (χ0) is 18.0. The smallest absolute Gasteiger partial charge is 0.410 e. The summed E-state index contributed by atoms with van der Waals surface area (Å²) in [4.78, 5) is 16.3. The average Bonchev–Trinajstić information content (AvgIpc) is 3.08. The van der Waals surface area contributed by atoms with E-state index in [1.165, 1.54) is 11.3 Å². The SMILES string of the molecule is Cc1cc(-c2ccco2)ccc1N1CCN(C(=O)OC(C)(C)C)CC1. The maximum atomic E-state index is 12.2. The highest BCUT2D eigenvalue weighted by molar-refractivity contribution is 5.69. The van der Waals surface area contributed by atoms with E-state index in [1.807, 2.05) is 32.9 Å². The van der Waals surface area contributed by atoms with Crippen LogP contribution < -0.4 is 4.90 Å². The quantitative estimate of drug-likeness (QED) is 0.816. The highest BCUT2D eigenvalue weighted by Crippen LogP contribution is 2.28. The van der Waals surface area contributed by atoms with Crippen molar-refractivity contribution < 1.29 is 13.9 Å². The number of benzene rings is 1. The fraction of sp³-hybridized carbons (Fsp3) is 0.450. The lowest BCUT2D eigenvalue weighted by molar-refractivity contribution is 0.0240. The molecule has 0 spiro atoms. The Hall–Kier alpha value is -2.43. The van der Waals surface area contributed by atoms with Gasteiger partial charge in [0.25, 0.3) is 0 Å². The van der Waals surface area contributed by atoms with Crippen molar-refractivity contribution in [3.8, 4) is 11.3 Å². The minimum absolute atomic E-state index is 0.225. The van der Waals surface area contributed by atoms with E-state index in [4.69, 9.17) is 9.15 Å². The van der Waals surface area contributed by atoms with E-state index < -0.39 is 5.60 Å². The zero-order valence-corrected chi connectivity index (χ0v) is 15.4. The molecule has 134 valence electrons. The second-order valence-corrected chi connectivity index (χ2v) is 7.43. The van der Waals surface area contributed by atoms with Gasteiger partial charge in [-0.3, -0.25) is 0 Å². The third-order valence-corrected chi connectivity index (χ3v) is 4.27. The maximum Gasteiger partial charge on any atom is 0.410 e. The van der Waals surface area contributed by atoms with Gasteiger partial charge in [-0.05, 0) is 63.6 Å². The molecule has 0 N–H and O–H groups in total. The van der Waals surface area contributed by atoms with Crippen LogP contribution in [-0.4, -0.2) is 42.8 Å². The Balaban J connectivity index is 1.64. The molecule has 1 fully saturated rings. The summed E-state index contributed by atoms with van der Waals surface area (Å²) in [5.41, 5.74) is 3.05. The first-order valence-electron chi connectivity index (χ1n) is 8.71. The third kappa shape index (κ3) is 4.16. The summed E-state index contributed by atoms with van der Waals surface area (Å²) in [6.45, 7) is 10.8. The predicted molar refractivity (Wildman–Crippen MR) is 98.9 cm³/mol. The van der Waals surface area contributed by atoms with Crippen LogP contribution in [0.5, 0.6) is 0 Å². The number of hydrogen-bond acceptors (Lipinski definition) is 4. The standard InChI is InChI=1S/C20H26N2O3/c1-15-14-16(18-6-5-13-24-18)7-8-17(15)21-9-11-22(12-10-21)19(23)25-20(2,3)4/h5-8,13-14H,9-12H2,1-4H3. The van der Waals surface area contributed by atoms with Crippen LogP contribution in [0.4, 0.5) is 10.5 Å². The molecule has 1 aliphatic heterocycles.